The average Bonchev–Trinajstić information content (AvgIpc) is 3.36. The van der Waals surface area contributed by atoms with Crippen molar-refractivity contribution in [3.8, 4) is 0 Å². The topological polar surface area (TPSA) is 23.5 Å². The van der Waals surface area contributed by atoms with Gasteiger partial charge in [0, 0.05) is 5.41 Å². The van der Waals surface area contributed by atoms with Gasteiger partial charge in [0.2, 0.25) is 0 Å². The van der Waals surface area contributed by atoms with E-state index in [-0.39, 0.29) is 5.41 Å². The van der Waals surface area contributed by atoms with Crippen LogP contribution in [-0.2, 0) is 0 Å². The maximum absolute atomic E-state index is 11.0. The lowest BCUT2D eigenvalue weighted by atomic mass is 9.59. The third-order valence-electron chi connectivity index (χ3n) is 7.25. The molecule has 2 aliphatic carbocycles. The highest BCUT2D eigenvalue weighted by Gasteiger charge is 2.46. The van der Waals surface area contributed by atoms with Gasteiger partial charge in [0.25, 0.3) is 0 Å². The minimum absolute atomic E-state index is 0.111. The van der Waals surface area contributed by atoms with E-state index in [0.29, 0.717) is 5.92 Å². The van der Waals surface area contributed by atoms with Crippen molar-refractivity contribution in [3.63, 3.8) is 0 Å². The molecule has 0 bridgehead atoms. The molecule has 146 valence electrons. The molecule has 0 saturated heterocycles. The zero-order valence-corrected chi connectivity index (χ0v) is 17.8. The van der Waals surface area contributed by atoms with Crippen molar-refractivity contribution >= 4 is 0 Å². The Morgan fingerprint density at radius 3 is 2.36 bits per heavy atom. The number of allylic oxidation sites excluding steroid dienone is 1. The molecule has 2 aliphatic rings. The lowest BCUT2D eigenvalue weighted by molar-refractivity contribution is -0.0509. The maximum Gasteiger partial charge on any atom is 0.0710 e. The van der Waals surface area contributed by atoms with E-state index >= 15 is 0 Å². The molecule has 2 rings (SSSR count). The van der Waals surface area contributed by atoms with Gasteiger partial charge in [-0.15, -0.1) is 0 Å². The smallest absolute Gasteiger partial charge is 0.0710 e. The van der Waals surface area contributed by atoms with Crippen molar-refractivity contribution < 1.29 is 5.11 Å². The van der Waals surface area contributed by atoms with Gasteiger partial charge in [-0.05, 0) is 83.8 Å². The summed E-state index contributed by atoms with van der Waals surface area (Å²) in [4.78, 5) is 2.70. The summed E-state index contributed by atoms with van der Waals surface area (Å²) in [5.41, 5.74) is 2.41. The van der Waals surface area contributed by atoms with Gasteiger partial charge in [0.05, 0.1) is 5.60 Å². The van der Waals surface area contributed by atoms with Crippen LogP contribution in [0.2, 0.25) is 0 Å². The third-order valence-corrected chi connectivity index (χ3v) is 7.25. The number of nitrogens with zero attached hydrogens (tertiary/aromatic N) is 1. The van der Waals surface area contributed by atoms with E-state index in [2.05, 4.69) is 39.5 Å². The van der Waals surface area contributed by atoms with Crippen molar-refractivity contribution in [3.05, 3.63) is 11.1 Å². The minimum Gasteiger partial charge on any atom is -0.389 e. The first-order chi connectivity index (χ1) is 11.7. The van der Waals surface area contributed by atoms with Crippen molar-refractivity contribution in [1.29, 1.82) is 0 Å². The number of rotatable bonds is 10. The molecule has 2 heteroatoms. The number of hydrogen-bond donors (Lipinski definition) is 1. The minimum atomic E-state index is -0.579. The molecule has 0 aromatic rings. The first-order valence-corrected chi connectivity index (χ1v) is 10.9. The Hall–Kier alpha value is -0.340. The lowest BCUT2D eigenvalue weighted by Gasteiger charge is -2.49. The first kappa shape index (κ1) is 21.0. The zero-order chi connectivity index (χ0) is 18.7. The van der Waals surface area contributed by atoms with E-state index in [4.69, 9.17) is 0 Å². The molecule has 1 saturated carbocycles. The van der Waals surface area contributed by atoms with Crippen molar-refractivity contribution in [1.82, 2.24) is 4.90 Å². The fourth-order valence-electron chi connectivity index (χ4n) is 4.87. The van der Waals surface area contributed by atoms with Gasteiger partial charge in [-0.2, -0.15) is 0 Å². The summed E-state index contributed by atoms with van der Waals surface area (Å²) in [5, 5.41) is 11.0. The van der Waals surface area contributed by atoms with E-state index in [0.717, 1.165) is 18.8 Å². The Bertz CT molecular complexity index is 459. The monoisotopic (exact) mass is 349 g/mol. The summed E-state index contributed by atoms with van der Waals surface area (Å²) in [5.74, 6) is 1.64. The van der Waals surface area contributed by atoms with Crippen LogP contribution in [0, 0.1) is 17.3 Å². The largest absolute Gasteiger partial charge is 0.389 e. The van der Waals surface area contributed by atoms with E-state index in [9.17, 15) is 5.11 Å². The Balaban J connectivity index is 2.03. The molecule has 0 aromatic carbocycles. The quantitative estimate of drug-likeness (QED) is 0.504. The van der Waals surface area contributed by atoms with Crippen LogP contribution in [0.15, 0.2) is 11.1 Å². The van der Waals surface area contributed by atoms with E-state index in [1.54, 1.807) is 11.1 Å². The molecule has 0 amide bonds. The second-order valence-corrected chi connectivity index (χ2v) is 9.56. The average molecular weight is 350 g/mol. The van der Waals surface area contributed by atoms with Gasteiger partial charge in [-0.3, -0.25) is 0 Å². The molecule has 0 aromatic heterocycles. The van der Waals surface area contributed by atoms with E-state index in [1.165, 1.54) is 58.2 Å². The van der Waals surface area contributed by atoms with E-state index in [1.807, 2.05) is 6.92 Å². The summed E-state index contributed by atoms with van der Waals surface area (Å²) in [6.45, 7) is 17.3. The summed E-state index contributed by atoms with van der Waals surface area (Å²) in [6, 6.07) is 0. The van der Waals surface area contributed by atoms with Crippen molar-refractivity contribution in [2.75, 3.05) is 19.6 Å². The first-order valence-electron chi connectivity index (χ1n) is 10.9. The predicted octanol–water partition coefficient (Wildman–Crippen LogP) is 5.80. The predicted molar refractivity (Wildman–Crippen MR) is 109 cm³/mol. The second kappa shape index (κ2) is 8.57. The van der Waals surface area contributed by atoms with Crippen LogP contribution in [-0.4, -0.2) is 35.2 Å². The van der Waals surface area contributed by atoms with Crippen molar-refractivity contribution in [2.45, 2.75) is 98.5 Å². The van der Waals surface area contributed by atoms with Crippen LogP contribution in [0.3, 0.4) is 0 Å². The Morgan fingerprint density at radius 2 is 1.80 bits per heavy atom. The number of aliphatic hydroxyl groups is 1. The van der Waals surface area contributed by atoms with Crippen molar-refractivity contribution in [2.24, 2.45) is 17.3 Å². The van der Waals surface area contributed by atoms with Gasteiger partial charge in [0.1, 0.15) is 0 Å². The SMILES string of the molecule is CCCN(CCC1CC1)CCC(CC)C1=C(C)CCC(C)(O)C1(C)C. The van der Waals surface area contributed by atoms with Crippen LogP contribution in [0.4, 0.5) is 0 Å². The molecule has 25 heavy (non-hydrogen) atoms. The molecular formula is C23H43NO. The molecule has 2 atom stereocenters. The standard InChI is InChI=1S/C23H43NO/c1-7-15-24(16-12-19-9-10-19)17-13-20(8-2)21-18(3)11-14-23(6,25)22(21,4)5/h19-20,25H,7-17H2,1-6H3. The Labute approximate surface area is 157 Å². The zero-order valence-electron chi connectivity index (χ0n) is 17.8. The lowest BCUT2D eigenvalue weighted by Crippen LogP contribution is -2.47. The van der Waals surface area contributed by atoms with Crippen LogP contribution in [0.1, 0.15) is 92.9 Å². The summed E-state index contributed by atoms with van der Waals surface area (Å²) >= 11 is 0. The second-order valence-electron chi connectivity index (χ2n) is 9.56. The summed E-state index contributed by atoms with van der Waals surface area (Å²) < 4.78 is 0. The fraction of sp³-hybridized carbons (Fsp3) is 0.913. The molecule has 2 unspecified atom stereocenters. The third kappa shape index (κ3) is 5.10. The van der Waals surface area contributed by atoms with Gasteiger partial charge in [0.15, 0.2) is 0 Å². The Morgan fingerprint density at radius 1 is 1.12 bits per heavy atom. The normalized spacial score (nSPS) is 27.8. The number of hydrogen-bond acceptors (Lipinski definition) is 2. The van der Waals surface area contributed by atoms with Crippen LogP contribution >= 0.6 is 0 Å². The Kier molecular flexibility index (Phi) is 7.18. The highest BCUT2D eigenvalue weighted by molar-refractivity contribution is 5.29. The molecule has 0 heterocycles. The summed E-state index contributed by atoms with van der Waals surface area (Å²) in [6.07, 6.45) is 9.97. The fourth-order valence-corrected chi connectivity index (χ4v) is 4.87. The van der Waals surface area contributed by atoms with Gasteiger partial charge in [-0.1, -0.05) is 51.7 Å². The highest BCUT2D eigenvalue weighted by Crippen LogP contribution is 2.51. The maximum atomic E-state index is 11.0. The summed E-state index contributed by atoms with van der Waals surface area (Å²) in [7, 11) is 0. The van der Waals surface area contributed by atoms with Crippen LogP contribution < -0.4 is 0 Å². The molecule has 0 radical (unpaired) electrons. The van der Waals surface area contributed by atoms with Crippen LogP contribution in [0.5, 0.6) is 0 Å². The molecule has 0 aliphatic heterocycles. The molecule has 0 spiro atoms. The van der Waals surface area contributed by atoms with E-state index < -0.39 is 5.60 Å². The molecular weight excluding hydrogens is 306 g/mol. The van der Waals surface area contributed by atoms with Gasteiger partial charge < -0.3 is 10.0 Å². The van der Waals surface area contributed by atoms with Gasteiger partial charge in [-0.25, -0.2) is 0 Å². The molecule has 1 fully saturated rings. The van der Waals surface area contributed by atoms with Crippen LogP contribution in [0.25, 0.3) is 0 Å². The highest BCUT2D eigenvalue weighted by atomic mass is 16.3. The molecule has 1 N–H and O–H groups in total. The molecule has 2 nitrogen and oxygen atoms in total. The van der Waals surface area contributed by atoms with Gasteiger partial charge >= 0.3 is 0 Å².